The SMILES string of the molecule is C=CC(=O)NC1COCC1Nc1ncc2cc(-c3c(F)c(OC)cc(OC)c3Cl)c(=O)n(C)c2n1. The Kier molecular flexibility index (Phi) is 6.90. The molecule has 0 saturated carbocycles. The van der Waals surface area contributed by atoms with Gasteiger partial charge in [0.25, 0.3) is 5.56 Å². The molecule has 3 heterocycles. The monoisotopic (exact) mass is 503 g/mol. The van der Waals surface area contributed by atoms with Gasteiger partial charge in [0.15, 0.2) is 11.6 Å². The first-order chi connectivity index (χ1) is 16.8. The third-order valence-corrected chi connectivity index (χ3v) is 6.07. The van der Waals surface area contributed by atoms with E-state index in [1.54, 1.807) is 0 Å². The van der Waals surface area contributed by atoms with Crippen molar-refractivity contribution in [2.75, 3.05) is 32.8 Å². The fraction of sp³-hybridized carbons (Fsp3) is 0.304. The number of carbonyl (C=O) groups is 1. The lowest BCUT2D eigenvalue weighted by Crippen LogP contribution is -2.45. The second-order valence-electron chi connectivity index (χ2n) is 7.79. The highest BCUT2D eigenvalue weighted by Gasteiger charge is 2.30. The lowest BCUT2D eigenvalue weighted by atomic mass is 10.0. The maximum absolute atomic E-state index is 15.2. The highest BCUT2D eigenvalue weighted by Crippen LogP contribution is 2.41. The van der Waals surface area contributed by atoms with E-state index >= 15 is 4.39 Å². The highest BCUT2D eigenvalue weighted by molar-refractivity contribution is 6.35. The largest absolute Gasteiger partial charge is 0.495 e. The average Bonchev–Trinajstić information content (AvgIpc) is 3.28. The highest BCUT2D eigenvalue weighted by atomic mass is 35.5. The van der Waals surface area contributed by atoms with Gasteiger partial charge in [0.05, 0.1) is 50.1 Å². The van der Waals surface area contributed by atoms with Crippen LogP contribution in [-0.2, 0) is 16.6 Å². The Balaban J connectivity index is 1.75. The smallest absolute Gasteiger partial charge is 0.259 e. The molecule has 184 valence electrons. The number of halogens is 2. The summed E-state index contributed by atoms with van der Waals surface area (Å²) in [5.41, 5.74) is -0.358. The van der Waals surface area contributed by atoms with Gasteiger partial charge >= 0.3 is 0 Å². The predicted molar refractivity (Wildman–Crippen MR) is 129 cm³/mol. The van der Waals surface area contributed by atoms with Crippen LogP contribution in [-0.4, -0.2) is 60.0 Å². The van der Waals surface area contributed by atoms with Crippen LogP contribution in [0.3, 0.4) is 0 Å². The molecule has 1 aromatic carbocycles. The molecule has 2 atom stereocenters. The summed E-state index contributed by atoms with van der Waals surface area (Å²) in [4.78, 5) is 33.7. The molecular weight excluding hydrogens is 481 g/mol. The summed E-state index contributed by atoms with van der Waals surface area (Å²) in [5, 5.41) is 6.33. The molecule has 10 nitrogen and oxygen atoms in total. The molecule has 1 amide bonds. The quantitative estimate of drug-likeness (QED) is 0.472. The van der Waals surface area contributed by atoms with Crippen molar-refractivity contribution in [2.45, 2.75) is 12.1 Å². The fourth-order valence-electron chi connectivity index (χ4n) is 3.86. The van der Waals surface area contributed by atoms with E-state index in [-0.39, 0.29) is 51.6 Å². The van der Waals surface area contributed by atoms with Crippen molar-refractivity contribution in [1.82, 2.24) is 19.9 Å². The van der Waals surface area contributed by atoms with E-state index < -0.39 is 11.4 Å². The number of rotatable bonds is 7. The van der Waals surface area contributed by atoms with Crippen LogP contribution in [0.2, 0.25) is 5.02 Å². The van der Waals surface area contributed by atoms with Gasteiger partial charge in [-0.1, -0.05) is 18.2 Å². The molecule has 0 bridgehead atoms. The molecule has 1 fully saturated rings. The van der Waals surface area contributed by atoms with Crippen LogP contribution >= 0.6 is 11.6 Å². The van der Waals surface area contributed by atoms with Gasteiger partial charge in [0.2, 0.25) is 11.9 Å². The summed E-state index contributed by atoms with van der Waals surface area (Å²) in [6.07, 6.45) is 2.69. The van der Waals surface area contributed by atoms with Crippen LogP contribution < -0.4 is 25.7 Å². The van der Waals surface area contributed by atoms with E-state index in [2.05, 4.69) is 27.2 Å². The Labute approximate surface area is 204 Å². The zero-order valence-corrected chi connectivity index (χ0v) is 20.0. The van der Waals surface area contributed by atoms with Crippen LogP contribution in [0.1, 0.15) is 0 Å². The summed E-state index contributed by atoms with van der Waals surface area (Å²) in [7, 11) is 4.20. The maximum atomic E-state index is 15.2. The first-order valence-electron chi connectivity index (χ1n) is 10.5. The molecule has 0 aliphatic carbocycles. The Morgan fingerprint density at radius 2 is 2.00 bits per heavy atom. The van der Waals surface area contributed by atoms with Crippen molar-refractivity contribution in [3.63, 3.8) is 0 Å². The number of carbonyl (C=O) groups excluding carboxylic acids is 1. The molecule has 0 radical (unpaired) electrons. The molecule has 3 aromatic rings. The van der Waals surface area contributed by atoms with Crippen molar-refractivity contribution < 1.29 is 23.4 Å². The number of amides is 1. The number of nitrogens with zero attached hydrogens (tertiary/aromatic N) is 3. The number of benzene rings is 1. The van der Waals surface area contributed by atoms with Gasteiger partial charge < -0.3 is 24.8 Å². The summed E-state index contributed by atoms with van der Waals surface area (Å²) in [6, 6.07) is 2.19. The Hall–Kier alpha value is -3.70. The maximum Gasteiger partial charge on any atom is 0.259 e. The Morgan fingerprint density at radius 3 is 2.69 bits per heavy atom. The summed E-state index contributed by atoms with van der Waals surface area (Å²) in [6.45, 7) is 4.10. The molecule has 1 aliphatic heterocycles. The van der Waals surface area contributed by atoms with Crippen LogP contribution in [0.25, 0.3) is 22.2 Å². The van der Waals surface area contributed by atoms with Crippen molar-refractivity contribution in [3.05, 3.63) is 52.2 Å². The molecule has 2 aromatic heterocycles. The van der Waals surface area contributed by atoms with Crippen LogP contribution in [0.5, 0.6) is 11.5 Å². The second-order valence-corrected chi connectivity index (χ2v) is 8.16. The van der Waals surface area contributed by atoms with Gasteiger partial charge in [-0.25, -0.2) is 9.37 Å². The minimum absolute atomic E-state index is 0.000374. The van der Waals surface area contributed by atoms with Crippen LogP contribution in [0, 0.1) is 5.82 Å². The Morgan fingerprint density at radius 1 is 1.29 bits per heavy atom. The lowest BCUT2D eigenvalue weighted by molar-refractivity contribution is -0.117. The number of methoxy groups -OCH3 is 2. The minimum atomic E-state index is -0.789. The normalized spacial score (nSPS) is 17.3. The number of hydrogen-bond acceptors (Lipinski definition) is 8. The molecule has 2 unspecified atom stereocenters. The first-order valence-corrected chi connectivity index (χ1v) is 10.9. The first kappa shape index (κ1) is 24.4. The van der Waals surface area contributed by atoms with E-state index in [1.807, 2.05) is 0 Å². The molecule has 12 heteroatoms. The van der Waals surface area contributed by atoms with Crippen LogP contribution in [0.15, 0.2) is 35.8 Å². The van der Waals surface area contributed by atoms with Gasteiger partial charge in [-0.2, -0.15) is 4.98 Å². The van der Waals surface area contributed by atoms with E-state index in [1.165, 1.54) is 50.2 Å². The van der Waals surface area contributed by atoms with Gasteiger partial charge in [-0.05, 0) is 12.1 Å². The van der Waals surface area contributed by atoms with Gasteiger partial charge in [0, 0.05) is 30.3 Å². The van der Waals surface area contributed by atoms with E-state index in [4.69, 9.17) is 25.8 Å². The molecular formula is C23H23ClFN5O5. The molecule has 1 saturated heterocycles. The van der Waals surface area contributed by atoms with E-state index in [0.29, 0.717) is 24.2 Å². The summed E-state index contributed by atoms with van der Waals surface area (Å²) in [5.74, 6) is -0.823. The van der Waals surface area contributed by atoms with Gasteiger partial charge in [-0.15, -0.1) is 0 Å². The van der Waals surface area contributed by atoms with Crippen molar-refractivity contribution >= 4 is 34.5 Å². The van der Waals surface area contributed by atoms with Crippen molar-refractivity contribution in [1.29, 1.82) is 0 Å². The summed E-state index contributed by atoms with van der Waals surface area (Å²) < 4.78 is 32.2. The van der Waals surface area contributed by atoms with Crippen LogP contribution in [0.4, 0.5) is 10.3 Å². The molecule has 1 aliphatic rings. The number of anilines is 1. The fourth-order valence-corrected chi connectivity index (χ4v) is 4.18. The number of ether oxygens (including phenoxy) is 3. The predicted octanol–water partition coefficient (Wildman–Crippen LogP) is 2.29. The zero-order valence-electron chi connectivity index (χ0n) is 19.2. The number of hydrogen-bond donors (Lipinski definition) is 2. The van der Waals surface area contributed by atoms with Crippen molar-refractivity contribution in [2.24, 2.45) is 7.05 Å². The number of pyridine rings is 1. The molecule has 2 N–H and O–H groups in total. The summed E-state index contributed by atoms with van der Waals surface area (Å²) >= 11 is 6.38. The third kappa shape index (κ3) is 4.52. The number of fused-ring (bicyclic) bond motifs is 1. The minimum Gasteiger partial charge on any atom is -0.495 e. The molecule has 4 rings (SSSR count). The van der Waals surface area contributed by atoms with Gasteiger partial charge in [0.1, 0.15) is 11.4 Å². The zero-order chi connectivity index (χ0) is 25.3. The van der Waals surface area contributed by atoms with Crippen molar-refractivity contribution in [3.8, 4) is 22.6 Å². The topological polar surface area (TPSA) is 117 Å². The molecule has 35 heavy (non-hydrogen) atoms. The second kappa shape index (κ2) is 9.88. The third-order valence-electron chi connectivity index (χ3n) is 5.70. The average molecular weight is 504 g/mol. The lowest BCUT2D eigenvalue weighted by Gasteiger charge is -2.20. The standard InChI is InChI=1S/C23H23ClFN5O5/c1-5-17(31)27-13-9-35-10-14(13)28-23-26-8-11-6-12(22(32)30(2)21(11)29-23)18-19(24)15(33-3)7-16(34-4)20(18)25/h5-8,13-14H,1,9-10H2,2-4H3,(H,27,31)(H,26,28,29). The number of aryl methyl sites for hydroxylation is 1. The molecule has 0 spiro atoms. The number of aromatic nitrogens is 3. The van der Waals surface area contributed by atoms with E-state index in [0.717, 1.165) is 0 Å². The van der Waals surface area contributed by atoms with E-state index in [9.17, 15) is 9.59 Å². The number of nitrogens with one attached hydrogen (secondary N) is 2. The Bertz CT molecular complexity index is 1350. The van der Waals surface area contributed by atoms with Gasteiger partial charge in [-0.3, -0.25) is 14.2 Å².